The number of hydrogen-bond acceptors (Lipinski definition) is 7. The van der Waals surface area contributed by atoms with Crippen LogP contribution in [0.2, 0.25) is 0 Å². The monoisotopic (exact) mass is 376 g/mol. The van der Waals surface area contributed by atoms with Crippen LogP contribution in [0.3, 0.4) is 0 Å². The summed E-state index contributed by atoms with van der Waals surface area (Å²) in [6.45, 7) is 1.22. The fraction of sp³-hybridized carbons (Fsp3) is 0.353. The Kier molecular flexibility index (Phi) is 5.67. The smallest absolute Gasteiger partial charge is 0.277 e. The molecule has 0 aliphatic carbocycles. The van der Waals surface area contributed by atoms with E-state index in [4.69, 9.17) is 5.73 Å². The van der Waals surface area contributed by atoms with E-state index in [9.17, 15) is 23.3 Å². The molecule has 26 heavy (non-hydrogen) atoms. The molecule has 2 rings (SSSR count). The molecule has 0 saturated carbocycles. The Balaban J connectivity index is 2.29. The van der Waals surface area contributed by atoms with Crippen molar-refractivity contribution in [3.05, 3.63) is 36.0 Å². The molecule has 1 unspecified atom stereocenters. The molecule has 9 heteroatoms. The Morgan fingerprint density at radius 1 is 1.31 bits per heavy atom. The molecular weight excluding hydrogens is 356 g/mol. The van der Waals surface area contributed by atoms with Crippen molar-refractivity contribution in [3.63, 3.8) is 0 Å². The van der Waals surface area contributed by atoms with Crippen LogP contribution in [0.5, 0.6) is 0 Å². The van der Waals surface area contributed by atoms with Crippen LogP contribution in [0.25, 0.3) is 0 Å². The van der Waals surface area contributed by atoms with Crippen LogP contribution in [0.1, 0.15) is 13.3 Å². The Bertz CT molecular complexity index is 884. The Morgan fingerprint density at radius 2 is 1.92 bits per heavy atom. The second kappa shape index (κ2) is 7.58. The average Bonchev–Trinajstić information content (AvgIpc) is 2.94. The molecule has 1 aromatic carbocycles. The number of rotatable bonds is 4. The van der Waals surface area contributed by atoms with Crippen molar-refractivity contribution in [1.29, 1.82) is 5.26 Å². The lowest BCUT2D eigenvalue weighted by atomic mass is 10.2. The molecule has 1 aromatic rings. The number of nitrogens with zero attached hydrogens (tertiary/aromatic N) is 3. The summed E-state index contributed by atoms with van der Waals surface area (Å²) in [6.07, 6.45) is 1.72. The maximum Gasteiger partial charge on any atom is 0.277 e. The Hall–Kier alpha value is -2.86. The summed E-state index contributed by atoms with van der Waals surface area (Å²) < 4.78 is 23.2. The van der Waals surface area contributed by atoms with E-state index in [1.165, 1.54) is 25.3 Å². The molecule has 1 atom stereocenters. The summed E-state index contributed by atoms with van der Waals surface area (Å²) in [6, 6.07) is 7.60. The third-order valence-electron chi connectivity index (χ3n) is 4.14. The molecule has 0 aromatic heterocycles. The van der Waals surface area contributed by atoms with E-state index in [0.717, 1.165) is 4.90 Å². The summed E-state index contributed by atoms with van der Waals surface area (Å²) in [5, 5.41) is 9.37. The van der Waals surface area contributed by atoms with Crippen LogP contribution in [-0.2, 0) is 19.4 Å². The lowest BCUT2D eigenvalue weighted by molar-refractivity contribution is -0.123. The van der Waals surface area contributed by atoms with Crippen LogP contribution in [-0.4, -0.2) is 49.7 Å². The third-order valence-corrected chi connectivity index (χ3v) is 5.89. The van der Waals surface area contributed by atoms with Gasteiger partial charge >= 0.3 is 0 Å². The number of nitrogen functional groups attached to an aromatic ring is 1. The number of nitrogens with two attached hydrogens (primary N) is 1. The predicted octanol–water partition coefficient (Wildman–Crippen LogP) is 0.675. The minimum atomic E-state index is -3.10. The molecule has 138 valence electrons. The van der Waals surface area contributed by atoms with Gasteiger partial charge in [-0.1, -0.05) is 0 Å². The number of amides is 2. The lowest BCUT2D eigenvalue weighted by Gasteiger charge is -2.23. The summed E-state index contributed by atoms with van der Waals surface area (Å²) in [4.78, 5) is 27.1. The largest absolute Gasteiger partial charge is 0.399 e. The number of benzene rings is 1. The third kappa shape index (κ3) is 4.40. The average molecular weight is 376 g/mol. The van der Waals surface area contributed by atoms with E-state index in [-0.39, 0.29) is 23.1 Å². The van der Waals surface area contributed by atoms with Gasteiger partial charge in [0.1, 0.15) is 11.6 Å². The van der Waals surface area contributed by atoms with Gasteiger partial charge < -0.3 is 10.6 Å². The number of nitriles is 1. The van der Waals surface area contributed by atoms with Crippen LogP contribution in [0, 0.1) is 11.3 Å². The lowest BCUT2D eigenvalue weighted by Crippen LogP contribution is -2.37. The van der Waals surface area contributed by atoms with Crippen molar-refractivity contribution in [3.8, 4) is 6.07 Å². The Morgan fingerprint density at radius 3 is 2.38 bits per heavy atom. The van der Waals surface area contributed by atoms with E-state index in [0.29, 0.717) is 17.8 Å². The molecule has 0 bridgehead atoms. The van der Waals surface area contributed by atoms with Crippen LogP contribution in [0.4, 0.5) is 11.4 Å². The van der Waals surface area contributed by atoms with Gasteiger partial charge in [-0.15, -0.1) is 0 Å². The topological polar surface area (TPSA) is 125 Å². The molecule has 1 aliphatic rings. The molecule has 1 aliphatic heterocycles. The molecule has 0 radical (unpaired) electrons. The first kappa shape index (κ1) is 19.5. The highest BCUT2D eigenvalue weighted by atomic mass is 32.2. The number of anilines is 2. The van der Waals surface area contributed by atoms with Crippen molar-refractivity contribution in [2.75, 3.05) is 29.2 Å². The van der Waals surface area contributed by atoms with Crippen molar-refractivity contribution in [2.45, 2.75) is 19.4 Å². The minimum absolute atomic E-state index is 0.0265. The molecule has 1 fully saturated rings. The second-order valence-corrected chi connectivity index (χ2v) is 8.36. The van der Waals surface area contributed by atoms with Gasteiger partial charge in [-0.05, 0) is 30.7 Å². The first-order chi connectivity index (χ1) is 12.1. The number of hydrogen-bond donors (Lipinski definition) is 1. The van der Waals surface area contributed by atoms with E-state index in [2.05, 4.69) is 0 Å². The first-order valence-corrected chi connectivity index (χ1v) is 9.71. The van der Waals surface area contributed by atoms with Gasteiger partial charge in [0, 0.05) is 31.9 Å². The molecule has 1 heterocycles. The fourth-order valence-electron chi connectivity index (χ4n) is 2.72. The zero-order valence-corrected chi connectivity index (χ0v) is 15.4. The van der Waals surface area contributed by atoms with Gasteiger partial charge in [0.05, 0.1) is 17.2 Å². The van der Waals surface area contributed by atoms with E-state index in [1.807, 2.05) is 0 Å². The summed E-state index contributed by atoms with van der Waals surface area (Å²) in [5.41, 5.74) is 6.12. The van der Waals surface area contributed by atoms with Gasteiger partial charge in [-0.2, -0.15) is 5.26 Å². The van der Waals surface area contributed by atoms with Gasteiger partial charge in [-0.25, -0.2) is 13.3 Å². The van der Waals surface area contributed by atoms with Crippen molar-refractivity contribution in [2.24, 2.45) is 0 Å². The van der Waals surface area contributed by atoms with E-state index >= 15 is 0 Å². The van der Waals surface area contributed by atoms with Crippen molar-refractivity contribution < 1.29 is 18.0 Å². The highest BCUT2D eigenvalue weighted by Crippen LogP contribution is 2.21. The highest BCUT2D eigenvalue weighted by molar-refractivity contribution is 7.91. The van der Waals surface area contributed by atoms with E-state index < -0.39 is 21.7 Å². The fourth-order valence-corrected chi connectivity index (χ4v) is 4.51. The van der Waals surface area contributed by atoms with Gasteiger partial charge in [0.25, 0.3) is 5.91 Å². The van der Waals surface area contributed by atoms with Gasteiger partial charge in [0.2, 0.25) is 5.91 Å². The SMILES string of the molecule is CC(=O)N(C(=O)/C(C#N)=C\N(C)C1CCS(=O)(=O)C1)c1ccc(N)cc1. The minimum Gasteiger partial charge on any atom is -0.399 e. The maximum absolute atomic E-state index is 12.7. The first-order valence-electron chi connectivity index (χ1n) is 7.89. The molecule has 2 N–H and O–H groups in total. The molecule has 1 saturated heterocycles. The van der Waals surface area contributed by atoms with Crippen molar-refractivity contribution >= 4 is 33.0 Å². The van der Waals surface area contributed by atoms with Crippen LogP contribution >= 0.6 is 0 Å². The summed E-state index contributed by atoms with van der Waals surface area (Å²) in [5.74, 6) is -1.28. The Labute approximate surface area is 152 Å². The number of sulfone groups is 1. The standard InChI is InChI=1S/C17H20N4O4S/c1-12(22)21(15-5-3-14(19)4-6-15)17(23)13(9-18)10-20(2)16-7-8-26(24,25)11-16/h3-6,10,16H,7-8,11,19H2,1-2H3/b13-10-. The van der Waals surface area contributed by atoms with Crippen LogP contribution < -0.4 is 10.6 Å². The predicted molar refractivity (Wildman–Crippen MR) is 97.5 cm³/mol. The summed E-state index contributed by atoms with van der Waals surface area (Å²) in [7, 11) is -1.49. The maximum atomic E-state index is 12.7. The van der Waals surface area contributed by atoms with Crippen molar-refractivity contribution in [1.82, 2.24) is 4.90 Å². The second-order valence-electron chi connectivity index (χ2n) is 6.13. The summed E-state index contributed by atoms with van der Waals surface area (Å²) >= 11 is 0. The van der Waals surface area contributed by atoms with Gasteiger partial charge in [0.15, 0.2) is 9.84 Å². The highest BCUT2D eigenvalue weighted by Gasteiger charge is 2.31. The zero-order chi connectivity index (χ0) is 19.5. The normalized spacial score (nSPS) is 18.8. The molecule has 8 nitrogen and oxygen atoms in total. The number of carbonyl (C=O) groups excluding carboxylic acids is 2. The van der Waals surface area contributed by atoms with E-state index in [1.54, 1.807) is 30.1 Å². The molecule has 2 amide bonds. The van der Waals surface area contributed by atoms with Crippen LogP contribution in [0.15, 0.2) is 36.0 Å². The quantitative estimate of drug-likeness (QED) is 0.465. The molecule has 0 spiro atoms. The number of imide groups is 1. The number of carbonyl (C=O) groups is 2. The molecular formula is C17H20N4O4S. The van der Waals surface area contributed by atoms with Gasteiger partial charge in [-0.3, -0.25) is 9.59 Å². The zero-order valence-electron chi connectivity index (χ0n) is 14.5.